The Bertz CT molecular complexity index is 767. The van der Waals surface area contributed by atoms with E-state index in [-0.39, 0.29) is 16.3 Å². The molecule has 0 bridgehead atoms. The summed E-state index contributed by atoms with van der Waals surface area (Å²) in [5.74, 6) is -1.51. The molecular formula is C16H12ClF2NO3. The summed E-state index contributed by atoms with van der Waals surface area (Å²) < 4.78 is 37.6. The number of carbonyl (C=O) groups is 1. The molecule has 0 fully saturated rings. The van der Waals surface area contributed by atoms with Gasteiger partial charge in [-0.1, -0.05) is 11.6 Å². The molecule has 0 atom stereocenters. The average molecular weight is 340 g/mol. The summed E-state index contributed by atoms with van der Waals surface area (Å²) in [5.41, 5.74) is -0.0285. The van der Waals surface area contributed by atoms with E-state index in [0.717, 1.165) is 18.6 Å². The molecule has 120 valence electrons. The lowest BCUT2D eigenvalue weighted by Crippen LogP contribution is -2.14. The highest BCUT2D eigenvalue weighted by atomic mass is 35.5. The van der Waals surface area contributed by atoms with E-state index >= 15 is 0 Å². The van der Waals surface area contributed by atoms with Gasteiger partial charge < -0.3 is 14.8 Å². The summed E-state index contributed by atoms with van der Waals surface area (Å²) >= 11 is 6.11. The summed E-state index contributed by atoms with van der Waals surface area (Å²) in [6.07, 6.45) is 0.731. The van der Waals surface area contributed by atoms with Gasteiger partial charge in [-0.15, -0.1) is 0 Å². The van der Waals surface area contributed by atoms with Crippen LogP contribution in [0.1, 0.15) is 16.8 Å². The number of benzene rings is 2. The molecule has 0 unspecified atom stereocenters. The fourth-order valence-electron chi connectivity index (χ4n) is 2.14. The fourth-order valence-corrected chi connectivity index (χ4v) is 2.34. The van der Waals surface area contributed by atoms with E-state index < -0.39 is 17.5 Å². The Balaban J connectivity index is 1.87. The van der Waals surface area contributed by atoms with Crippen LogP contribution >= 0.6 is 11.6 Å². The average Bonchev–Trinajstić information content (AvgIpc) is 2.72. The molecule has 0 saturated carbocycles. The number of fused-ring (bicyclic) bond motifs is 1. The first-order chi connectivity index (χ1) is 11.0. The Kier molecular flexibility index (Phi) is 4.34. The van der Waals surface area contributed by atoms with E-state index in [1.807, 2.05) is 0 Å². The van der Waals surface area contributed by atoms with Gasteiger partial charge in [-0.05, 0) is 12.1 Å². The zero-order chi connectivity index (χ0) is 16.4. The molecule has 4 nitrogen and oxygen atoms in total. The van der Waals surface area contributed by atoms with Crippen molar-refractivity contribution in [3.8, 4) is 11.5 Å². The molecule has 0 saturated heterocycles. The number of anilines is 1. The number of rotatable bonds is 2. The van der Waals surface area contributed by atoms with Crippen molar-refractivity contribution < 1.29 is 23.0 Å². The van der Waals surface area contributed by atoms with Crippen LogP contribution < -0.4 is 14.8 Å². The van der Waals surface area contributed by atoms with Gasteiger partial charge in [-0.3, -0.25) is 4.79 Å². The van der Waals surface area contributed by atoms with Gasteiger partial charge >= 0.3 is 0 Å². The van der Waals surface area contributed by atoms with E-state index in [1.54, 1.807) is 0 Å². The lowest BCUT2D eigenvalue weighted by Gasteiger charge is -2.12. The Hall–Kier alpha value is -2.34. The predicted molar refractivity (Wildman–Crippen MR) is 81.4 cm³/mol. The smallest absolute Gasteiger partial charge is 0.258 e. The Morgan fingerprint density at radius 3 is 2.48 bits per heavy atom. The first-order valence-corrected chi connectivity index (χ1v) is 7.28. The van der Waals surface area contributed by atoms with Crippen molar-refractivity contribution in [3.05, 3.63) is 52.6 Å². The van der Waals surface area contributed by atoms with Crippen LogP contribution in [0.15, 0.2) is 30.3 Å². The first kappa shape index (κ1) is 15.6. The molecule has 1 heterocycles. The van der Waals surface area contributed by atoms with Gasteiger partial charge in [0.2, 0.25) is 0 Å². The zero-order valence-electron chi connectivity index (χ0n) is 11.9. The molecule has 1 aliphatic heterocycles. The second-order valence-corrected chi connectivity index (χ2v) is 5.31. The normalized spacial score (nSPS) is 13.3. The highest BCUT2D eigenvalue weighted by Gasteiger charge is 2.18. The summed E-state index contributed by atoms with van der Waals surface area (Å²) in [6, 6.07) is 5.76. The van der Waals surface area contributed by atoms with Crippen molar-refractivity contribution in [1.82, 2.24) is 0 Å². The third kappa shape index (κ3) is 3.37. The second kappa shape index (κ2) is 6.42. The van der Waals surface area contributed by atoms with E-state index in [1.165, 1.54) is 12.1 Å². The zero-order valence-corrected chi connectivity index (χ0v) is 12.6. The lowest BCUT2D eigenvalue weighted by molar-refractivity contribution is 0.102. The van der Waals surface area contributed by atoms with Crippen molar-refractivity contribution in [2.75, 3.05) is 18.5 Å². The summed E-state index contributed by atoms with van der Waals surface area (Å²) in [5, 5.41) is 2.72. The quantitative estimate of drug-likeness (QED) is 0.898. The summed E-state index contributed by atoms with van der Waals surface area (Å²) in [4.78, 5) is 12.1. The summed E-state index contributed by atoms with van der Waals surface area (Å²) in [7, 11) is 0. The van der Waals surface area contributed by atoms with Crippen LogP contribution in [0.4, 0.5) is 14.5 Å². The number of hydrogen-bond donors (Lipinski definition) is 1. The van der Waals surface area contributed by atoms with Gasteiger partial charge in [-0.2, -0.15) is 0 Å². The van der Waals surface area contributed by atoms with Crippen LogP contribution in [0.25, 0.3) is 0 Å². The molecule has 0 radical (unpaired) electrons. The maximum atomic E-state index is 13.7. The third-order valence-electron chi connectivity index (χ3n) is 3.26. The third-order valence-corrected chi connectivity index (χ3v) is 3.57. The lowest BCUT2D eigenvalue weighted by atomic mass is 10.2. The van der Waals surface area contributed by atoms with Crippen molar-refractivity contribution in [2.24, 2.45) is 0 Å². The van der Waals surface area contributed by atoms with Crippen LogP contribution in [0.2, 0.25) is 5.02 Å². The van der Waals surface area contributed by atoms with Gasteiger partial charge in [-0.25, -0.2) is 8.78 Å². The van der Waals surface area contributed by atoms with Gasteiger partial charge in [0, 0.05) is 24.6 Å². The standard InChI is InChI=1S/C16H12ClF2NO3/c17-11-7-14-15(23-5-1-4-22-14)8-13(11)20-16(21)10-3-2-9(18)6-12(10)19/h2-3,6-8H,1,4-5H2,(H,20,21). The number of carbonyl (C=O) groups excluding carboxylic acids is 1. The monoisotopic (exact) mass is 339 g/mol. The van der Waals surface area contributed by atoms with Gasteiger partial charge in [0.05, 0.1) is 29.5 Å². The van der Waals surface area contributed by atoms with Crippen LogP contribution in [0, 0.1) is 11.6 Å². The Morgan fingerprint density at radius 1 is 1.09 bits per heavy atom. The van der Waals surface area contributed by atoms with Crippen molar-refractivity contribution in [3.63, 3.8) is 0 Å². The second-order valence-electron chi connectivity index (χ2n) is 4.91. The Labute approximate surface area is 136 Å². The molecule has 2 aromatic carbocycles. The first-order valence-electron chi connectivity index (χ1n) is 6.90. The molecular weight excluding hydrogens is 328 g/mol. The van der Waals surface area contributed by atoms with Crippen LogP contribution in [0.3, 0.4) is 0 Å². The van der Waals surface area contributed by atoms with Gasteiger partial charge in [0.15, 0.2) is 11.5 Å². The minimum Gasteiger partial charge on any atom is -0.490 e. The number of halogens is 3. The number of nitrogens with one attached hydrogen (secondary N) is 1. The van der Waals surface area contributed by atoms with Crippen molar-refractivity contribution >= 4 is 23.2 Å². The van der Waals surface area contributed by atoms with Gasteiger partial charge in [0.1, 0.15) is 11.6 Å². The number of amides is 1. The predicted octanol–water partition coefficient (Wildman–Crippen LogP) is 4.03. The highest BCUT2D eigenvalue weighted by molar-refractivity contribution is 6.34. The Morgan fingerprint density at radius 2 is 1.78 bits per heavy atom. The van der Waals surface area contributed by atoms with Crippen molar-refractivity contribution in [2.45, 2.75) is 6.42 Å². The van der Waals surface area contributed by atoms with E-state index in [4.69, 9.17) is 21.1 Å². The summed E-state index contributed by atoms with van der Waals surface area (Å²) in [6.45, 7) is 0.991. The molecule has 0 aliphatic carbocycles. The van der Waals surface area contributed by atoms with Crippen molar-refractivity contribution in [1.29, 1.82) is 0 Å². The number of hydrogen-bond acceptors (Lipinski definition) is 3. The molecule has 3 rings (SSSR count). The minimum absolute atomic E-state index is 0.227. The van der Waals surface area contributed by atoms with Gasteiger partial charge in [0.25, 0.3) is 5.91 Å². The highest BCUT2D eigenvalue weighted by Crippen LogP contribution is 2.37. The van der Waals surface area contributed by atoms with Crippen LogP contribution in [-0.2, 0) is 0 Å². The van der Waals surface area contributed by atoms with E-state index in [0.29, 0.717) is 30.8 Å². The molecule has 0 spiro atoms. The molecule has 7 heteroatoms. The molecule has 1 amide bonds. The molecule has 1 aliphatic rings. The van der Waals surface area contributed by atoms with Crippen LogP contribution in [0.5, 0.6) is 11.5 Å². The van der Waals surface area contributed by atoms with E-state index in [9.17, 15) is 13.6 Å². The molecule has 0 aromatic heterocycles. The largest absolute Gasteiger partial charge is 0.490 e. The van der Waals surface area contributed by atoms with Crippen LogP contribution in [-0.4, -0.2) is 19.1 Å². The van der Waals surface area contributed by atoms with E-state index in [2.05, 4.69) is 5.32 Å². The molecule has 1 N–H and O–H groups in total. The number of ether oxygens (including phenoxy) is 2. The minimum atomic E-state index is -0.951. The molecule has 2 aromatic rings. The topological polar surface area (TPSA) is 47.6 Å². The SMILES string of the molecule is O=C(Nc1cc2c(cc1Cl)OCCCO2)c1ccc(F)cc1F. The maximum absolute atomic E-state index is 13.7. The molecule has 23 heavy (non-hydrogen) atoms. The maximum Gasteiger partial charge on any atom is 0.258 e. The fraction of sp³-hybridized carbons (Fsp3) is 0.188.